The fraction of sp³-hybridized carbons (Fsp3) is 0.833. The molecule has 0 aromatic rings. The third-order valence-corrected chi connectivity index (χ3v) is 4.08. The van der Waals surface area contributed by atoms with Crippen molar-refractivity contribution in [2.75, 3.05) is 6.54 Å². The van der Waals surface area contributed by atoms with E-state index >= 15 is 0 Å². The minimum atomic E-state index is -0.680. The Kier molecular flexibility index (Phi) is 3.17. The van der Waals surface area contributed by atoms with E-state index in [0.29, 0.717) is 0 Å². The first-order valence-corrected chi connectivity index (χ1v) is 6.11. The van der Waals surface area contributed by atoms with Crippen molar-refractivity contribution in [3.8, 4) is 0 Å². The lowest BCUT2D eigenvalue weighted by molar-refractivity contribution is -0.151. The van der Waals surface area contributed by atoms with Gasteiger partial charge in [0.25, 0.3) is 0 Å². The second-order valence-corrected chi connectivity index (χ2v) is 4.96. The zero-order valence-electron chi connectivity index (χ0n) is 9.69. The molecule has 1 amide bonds. The number of amides is 1. The van der Waals surface area contributed by atoms with Gasteiger partial charge in [0.1, 0.15) is 0 Å². The van der Waals surface area contributed by atoms with Crippen molar-refractivity contribution >= 4 is 11.9 Å². The topological polar surface area (TPSA) is 57.6 Å². The Morgan fingerprint density at radius 3 is 2.56 bits per heavy atom. The molecular formula is C12H19NO3. The summed E-state index contributed by atoms with van der Waals surface area (Å²) in [5, 5.41) is 9.20. The number of hydrogen-bond donors (Lipinski definition) is 1. The summed E-state index contributed by atoms with van der Waals surface area (Å²) in [6, 6.07) is 0.182. The van der Waals surface area contributed by atoms with Crippen LogP contribution in [0.25, 0.3) is 0 Å². The van der Waals surface area contributed by atoms with Crippen molar-refractivity contribution < 1.29 is 14.7 Å². The summed E-state index contributed by atoms with van der Waals surface area (Å²) in [4.78, 5) is 24.6. The van der Waals surface area contributed by atoms with E-state index in [-0.39, 0.29) is 23.8 Å². The zero-order valence-corrected chi connectivity index (χ0v) is 9.69. The zero-order chi connectivity index (χ0) is 11.7. The van der Waals surface area contributed by atoms with E-state index < -0.39 is 5.97 Å². The number of carboxylic acids is 1. The highest BCUT2D eigenvalue weighted by molar-refractivity contribution is 5.74. The highest BCUT2D eigenvalue weighted by atomic mass is 16.4. The third kappa shape index (κ3) is 1.93. The number of likely N-dealkylation sites (tertiary alicyclic amines) is 1. The summed E-state index contributed by atoms with van der Waals surface area (Å²) in [6.45, 7) is 2.40. The molecule has 1 saturated carbocycles. The first-order valence-electron chi connectivity index (χ1n) is 6.11. The molecular weight excluding hydrogens is 206 g/mol. The lowest BCUT2D eigenvalue weighted by atomic mass is 9.71. The third-order valence-electron chi connectivity index (χ3n) is 4.08. The lowest BCUT2D eigenvalue weighted by Crippen LogP contribution is -2.52. The maximum Gasteiger partial charge on any atom is 0.306 e. The second kappa shape index (κ2) is 4.44. The Hall–Kier alpha value is -1.06. The van der Waals surface area contributed by atoms with Gasteiger partial charge in [0.05, 0.1) is 5.92 Å². The summed E-state index contributed by atoms with van der Waals surface area (Å²) in [5.74, 6) is -0.634. The molecule has 16 heavy (non-hydrogen) atoms. The fourth-order valence-electron chi connectivity index (χ4n) is 3.38. The molecule has 0 spiro atoms. The van der Waals surface area contributed by atoms with Crippen LogP contribution in [0.1, 0.15) is 39.0 Å². The van der Waals surface area contributed by atoms with Gasteiger partial charge in [-0.1, -0.05) is 6.42 Å². The average Bonchev–Trinajstić information content (AvgIpc) is 2.27. The van der Waals surface area contributed by atoms with Gasteiger partial charge in [-0.2, -0.15) is 0 Å². The molecule has 2 fully saturated rings. The van der Waals surface area contributed by atoms with E-state index in [4.69, 9.17) is 0 Å². The fourth-order valence-corrected chi connectivity index (χ4v) is 3.38. The van der Waals surface area contributed by atoms with Crippen molar-refractivity contribution in [3.05, 3.63) is 0 Å². The maximum atomic E-state index is 11.5. The first kappa shape index (κ1) is 11.4. The van der Waals surface area contributed by atoms with Crippen molar-refractivity contribution in [1.29, 1.82) is 0 Å². The average molecular weight is 225 g/mol. The highest BCUT2D eigenvalue weighted by Gasteiger charge is 2.42. The van der Waals surface area contributed by atoms with Gasteiger partial charge in [-0.25, -0.2) is 0 Å². The number of carboxylic acid groups (broad SMARTS) is 1. The van der Waals surface area contributed by atoms with Gasteiger partial charge in [0, 0.05) is 19.5 Å². The van der Waals surface area contributed by atoms with E-state index in [9.17, 15) is 14.7 Å². The Morgan fingerprint density at radius 1 is 1.19 bits per heavy atom. The van der Waals surface area contributed by atoms with Crippen LogP contribution in [0.4, 0.5) is 0 Å². The van der Waals surface area contributed by atoms with Crippen LogP contribution in [-0.2, 0) is 9.59 Å². The predicted octanol–water partition coefficient (Wildman–Crippen LogP) is 1.50. The van der Waals surface area contributed by atoms with E-state index in [0.717, 1.165) is 38.6 Å². The van der Waals surface area contributed by atoms with E-state index in [2.05, 4.69) is 0 Å². The normalized spacial score (nSPS) is 34.3. The minimum Gasteiger partial charge on any atom is -0.481 e. The number of piperidine rings is 1. The summed E-state index contributed by atoms with van der Waals surface area (Å²) in [7, 11) is 0. The van der Waals surface area contributed by atoms with Gasteiger partial charge in [0.2, 0.25) is 5.91 Å². The van der Waals surface area contributed by atoms with Crippen LogP contribution in [0, 0.1) is 11.8 Å². The second-order valence-electron chi connectivity index (χ2n) is 4.96. The quantitative estimate of drug-likeness (QED) is 0.735. The molecule has 1 aliphatic heterocycles. The van der Waals surface area contributed by atoms with Crippen LogP contribution in [-0.4, -0.2) is 34.5 Å². The summed E-state index contributed by atoms with van der Waals surface area (Å²) < 4.78 is 0. The number of carbonyl (C=O) groups is 2. The standard InChI is InChI=1S/C12H19NO3/c1-8(14)13-7-3-5-9-10(12(15)16)4-2-6-11(9)13/h9-11H,2-7H2,1H3,(H,15,16). The summed E-state index contributed by atoms with van der Waals surface area (Å²) >= 11 is 0. The molecule has 3 atom stereocenters. The first-order chi connectivity index (χ1) is 7.61. The van der Waals surface area contributed by atoms with E-state index in [1.165, 1.54) is 0 Å². The molecule has 2 rings (SSSR count). The Labute approximate surface area is 95.6 Å². The summed E-state index contributed by atoms with van der Waals surface area (Å²) in [5.41, 5.74) is 0. The van der Waals surface area contributed by atoms with Crippen LogP contribution in [0.3, 0.4) is 0 Å². The molecule has 3 unspecified atom stereocenters. The van der Waals surface area contributed by atoms with Gasteiger partial charge in [-0.3, -0.25) is 9.59 Å². The minimum absolute atomic E-state index is 0.0979. The molecule has 0 radical (unpaired) electrons. The number of carbonyl (C=O) groups excluding carboxylic acids is 1. The number of aliphatic carboxylic acids is 1. The number of rotatable bonds is 1. The van der Waals surface area contributed by atoms with Gasteiger partial charge in [-0.15, -0.1) is 0 Å². The van der Waals surface area contributed by atoms with Crippen molar-refractivity contribution in [2.45, 2.75) is 45.1 Å². The number of nitrogens with zero attached hydrogens (tertiary/aromatic N) is 1. The van der Waals surface area contributed by atoms with Crippen molar-refractivity contribution in [3.63, 3.8) is 0 Å². The summed E-state index contributed by atoms with van der Waals surface area (Å²) in [6.07, 6.45) is 4.61. The monoisotopic (exact) mass is 225 g/mol. The van der Waals surface area contributed by atoms with Crippen molar-refractivity contribution in [1.82, 2.24) is 4.90 Å². The lowest BCUT2D eigenvalue weighted by Gasteiger charge is -2.46. The van der Waals surface area contributed by atoms with Gasteiger partial charge in [0.15, 0.2) is 0 Å². The van der Waals surface area contributed by atoms with E-state index in [1.807, 2.05) is 4.90 Å². The Morgan fingerprint density at radius 2 is 1.94 bits per heavy atom. The molecule has 4 nitrogen and oxygen atoms in total. The largest absolute Gasteiger partial charge is 0.481 e. The molecule has 1 N–H and O–H groups in total. The molecule has 0 aromatic carbocycles. The Balaban J connectivity index is 2.17. The molecule has 1 saturated heterocycles. The number of hydrogen-bond acceptors (Lipinski definition) is 2. The van der Waals surface area contributed by atoms with Gasteiger partial charge in [-0.05, 0) is 31.6 Å². The molecule has 1 aliphatic carbocycles. The molecule has 2 aliphatic rings. The smallest absolute Gasteiger partial charge is 0.306 e. The highest BCUT2D eigenvalue weighted by Crippen LogP contribution is 2.39. The Bertz CT molecular complexity index is 273. The number of fused-ring (bicyclic) bond motifs is 1. The van der Waals surface area contributed by atoms with Crippen LogP contribution in [0.2, 0.25) is 0 Å². The molecule has 0 bridgehead atoms. The molecule has 90 valence electrons. The SMILES string of the molecule is CC(=O)N1CCCC2C(C(=O)O)CCCC21. The van der Waals surface area contributed by atoms with Crippen molar-refractivity contribution in [2.24, 2.45) is 11.8 Å². The van der Waals surface area contributed by atoms with Crippen LogP contribution in [0.15, 0.2) is 0 Å². The van der Waals surface area contributed by atoms with Crippen LogP contribution in [0.5, 0.6) is 0 Å². The molecule has 1 heterocycles. The van der Waals surface area contributed by atoms with Crippen LogP contribution < -0.4 is 0 Å². The predicted molar refractivity (Wildman–Crippen MR) is 58.9 cm³/mol. The molecule has 4 heteroatoms. The van der Waals surface area contributed by atoms with Crippen LogP contribution >= 0.6 is 0 Å². The van der Waals surface area contributed by atoms with Gasteiger partial charge < -0.3 is 10.0 Å². The van der Waals surface area contributed by atoms with E-state index in [1.54, 1.807) is 6.92 Å². The van der Waals surface area contributed by atoms with Gasteiger partial charge >= 0.3 is 5.97 Å². The molecule has 0 aromatic heterocycles. The maximum absolute atomic E-state index is 11.5.